The molecule has 0 saturated heterocycles. The van der Waals surface area contributed by atoms with Crippen LogP contribution >= 0.6 is 0 Å². The number of carbonyl (C=O) groups is 2. The van der Waals surface area contributed by atoms with E-state index < -0.39 is 5.97 Å². The van der Waals surface area contributed by atoms with E-state index in [0.29, 0.717) is 30.1 Å². The summed E-state index contributed by atoms with van der Waals surface area (Å²) in [5, 5.41) is 25.7. The number of rotatable bonds is 6. The molecule has 3 N–H and O–H groups in total. The zero-order chi connectivity index (χ0) is 43.2. The molecule has 5 aromatic rings. The lowest BCUT2D eigenvalue weighted by molar-refractivity contribution is -0.231. The molecule has 0 bridgehead atoms. The van der Waals surface area contributed by atoms with Gasteiger partial charge >= 0.3 is 5.97 Å². The Morgan fingerprint density at radius 1 is 0.695 bits per heavy atom. The molecule has 0 amide bonds. The van der Waals surface area contributed by atoms with Crippen molar-refractivity contribution in [3.05, 3.63) is 191 Å². The minimum Gasteiger partial charge on any atom is -0.481 e. The lowest BCUT2D eigenvalue weighted by Crippen LogP contribution is -2.17. The second kappa shape index (κ2) is 26.0. The molecule has 6 unspecified atom stereocenters. The Morgan fingerprint density at radius 3 is 1.63 bits per heavy atom. The Hall–Kier alpha value is -5.18. The highest BCUT2D eigenvalue weighted by Crippen LogP contribution is 2.42. The van der Waals surface area contributed by atoms with Gasteiger partial charge in [-0.3, -0.25) is 14.8 Å². The van der Waals surface area contributed by atoms with Crippen molar-refractivity contribution >= 4 is 11.8 Å². The molecule has 0 fully saturated rings. The predicted octanol–water partition coefficient (Wildman–Crippen LogP) is 12.4. The van der Waals surface area contributed by atoms with Crippen molar-refractivity contribution in [1.82, 2.24) is 4.90 Å². The summed E-state index contributed by atoms with van der Waals surface area (Å²) in [7, 11) is 4.33. The van der Waals surface area contributed by atoms with Gasteiger partial charge in [0.1, 0.15) is 6.61 Å². The maximum Gasteiger partial charge on any atom is 0.303 e. The topological polar surface area (TPSA) is 107 Å². The van der Waals surface area contributed by atoms with Gasteiger partial charge in [-0.2, -0.15) is 0 Å². The summed E-state index contributed by atoms with van der Waals surface area (Å²) >= 11 is 0. The molecule has 0 heterocycles. The van der Waals surface area contributed by atoms with Gasteiger partial charge in [-0.25, -0.2) is 4.89 Å². The molecule has 7 nitrogen and oxygen atoms in total. The highest BCUT2D eigenvalue weighted by Gasteiger charge is 2.29. The second-order valence-corrected chi connectivity index (χ2v) is 15.6. The maximum absolute atomic E-state index is 11.3. The number of carboxylic acid groups (broad SMARTS) is 1. The molecule has 0 spiro atoms. The monoisotopic (exact) mass is 799 g/mol. The fourth-order valence-electron chi connectivity index (χ4n) is 7.56. The largest absolute Gasteiger partial charge is 0.481 e. The van der Waals surface area contributed by atoms with Gasteiger partial charge in [0.25, 0.3) is 0 Å². The van der Waals surface area contributed by atoms with Crippen molar-refractivity contribution in [2.24, 2.45) is 0 Å². The zero-order valence-electron chi connectivity index (χ0n) is 35.9. The van der Waals surface area contributed by atoms with Crippen molar-refractivity contribution in [3.8, 4) is 0 Å². The smallest absolute Gasteiger partial charge is 0.303 e. The minimum absolute atomic E-state index is 0.101. The number of allylic oxidation sites excluding steroid dienone is 1. The Bertz CT molecular complexity index is 1920. The molecule has 3 aliphatic rings. The first kappa shape index (κ1) is 48.2. The standard InChI is InChI=1S/C12H17N.C10H12O2.C10H12O.C10H10O.C6H6.C4H8O2/c1-9-8-12(13(2)3)11-7-5-4-6-10(9)11;1-8(7-10(11)12)9-5-3-2-4-6-9;2*1-7-6-10(11)9-5-3-2-4-8(7)9;1-2-4-6-5-3-1;1-2-3-4-6-5/h4-7,9,12H,8H2,1-3H3;2-6,8H,7H2,1H3,(H,11,12);2-5,7,10-11H,6H2,1H3;2-5,7H,6H2,1H3;1-6H;2-3,5H,4H2,1H3. The number of carboxylic acids is 1. The molecule has 0 radical (unpaired) electrons. The average molecular weight is 800 g/mol. The molecule has 8 rings (SSSR count). The Balaban J connectivity index is 0.000000193. The van der Waals surface area contributed by atoms with Crippen LogP contribution in [0.25, 0.3) is 0 Å². The fraction of sp³-hybridized carbons (Fsp3) is 0.346. The first-order valence-corrected chi connectivity index (χ1v) is 20.7. The van der Waals surface area contributed by atoms with E-state index in [1.54, 1.807) is 17.7 Å². The minimum atomic E-state index is -0.744. The van der Waals surface area contributed by atoms with Crippen LogP contribution in [0.1, 0.15) is 140 Å². The number of aliphatic carboxylic acids is 1. The Morgan fingerprint density at radius 2 is 1.15 bits per heavy atom. The van der Waals surface area contributed by atoms with Gasteiger partial charge in [0.2, 0.25) is 0 Å². The molecular formula is C52H65NO6. The van der Waals surface area contributed by atoms with Gasteiger partial charge in [-0.1, -0.05) is 179 Å². The van der Waals surface area contributed by atoms with E-state index in [4.69, 9.17) is 10.4 Å². The Kier molecular flexibility index (Phi) is 21.3. The summed E-state index contributed by atoms with van der Waals surface area (Å²) in [6.45, 7) is 10.7. The summed E-state index contributed by atoms with van der Waals surface area (Å²) < 4.78 is 0. The van der Waals surface area contributed by atoms with Crippen LogP contribution in [-0.4, -0.2) is 52.8 Å². The third-order valence-corrected chi connectivity index (χ3v) is 10.8. The third-order valence-electron chi connectivity index (χ3n) is 10.8. The van der Waals surface area contributed by atoms with Gasteiger partial charge < -0.3 is 15.1 Å². The molecule has 6 atom stereocenters. The van der Waals surface area contributed by atoms with Gasteiger partial charge in [-0.05, 0) is 90.9 Å². The van der Waals surface area contributed by atoms with Crippen LogP contribution in [0.3, 0.4) is 0 Å². The molecule has 59 heavy (non-hydrogen) atoms. The van der Waals surface area contributed by atoms with E-state index in [9.17, 15) is 14.7 Å². The molecule has 7 heteroatoms. The molecule has 0 aromatic heterocycles. The van der Waals surface area contributed by atoms with E-state index >= 15 is 0 Å². The molecule has 5 aromatic carbocycles. The number of nitrogens with zero attached hydrogens (tertiary/aromatic N) is 1. The van der Waals surface area contributed by atoms with E-state index in [1.807, 2.05) is 123 Å². The van der Waals surface area contributed by atoms with Crippen molar-refractivity contribution in [1.29, 1.82) is 0 Å². The number of hydrogen-bond donors (Lipinski definition) is 3. The summed E-state index contributed by atoms with van der Waals surface area (Å²) in [5.41, 5.74) is 8.75. The number of fused-ring (bicyclic) bond motifs is 3. The number of carbonyl (C=O) groups excluding carboxylic acids is 1. The summed E-state index contributed by atoms with van der Waals surface area (Å²) in [6, 6.07) is 47.2. The SMILES string of the molecule is CC(CC(=O)O)c1ccccc1.CC1CC(=O)c2ccccc21.CC1CC(N(C)C)c2ccccc21.CC1CC(O)c2ccccc21.CC=CCOO.c1ccccc1. The van der Waals surface area contributed by atoms with Gasteiger partial charge in [0.05, 0.1) is 12.5 Å². The first-order valence-electron chi connectivity index (χ1n) is 20.7. The Labute approximate surface area is 353 Å². The highest BCUT2D eigenvalue weighted by molar-refractivity contribution is 6.01. The van der Waals surface area contributed by atoms with Crippen LogP contribution in [0, 0.1) is 0 Å². The molecule has 314 valence electrons. The first-order chi connectivity index (χ1) is 28.4. The van der Waals surface area contributed by atoms with Crippen molar-refractivity contribution in [3.63, 3.8) is 0 Å². The van der Waals surface area contributed by atoms with Crippen LogP contribution in [0.2, 0.25) is 0 Å². The average Bonchev–Trinajstić information content (AvgIpc) is 3.87. The molecule has 0 saturated carbocycles. The third kappa shape index (κ3) is 15.8. The number of aliphatic hydroxyl groups excluding tert-OH is 1. The summed E-state index contributed by atoms with van der Waals surface area (Å²) in [5.74, 6) is 1.34. The number of benzene rings is 5. The van der Waals surface area contributed by atoms with Crippen molar-refractivity contribution in [2.75, 3.05) is 20.7 Å². The number of aliphatic hydroxyl groups is 1. The van der Waals surface area contributed by atoms with E-state index in [-0.39, 0.29) is 25.0 Å². The quantitative estimate of drug-likeness (QED) is 0.0892. The van der Waals surface area contributed by atoms with Crippen LogP contribution in [0.5, 0.6) is 0 Å². The lowest BCUT2D eigenvalue weighted by Gasteiger charge is -2.19. The maximum atomic E-state index is 11.3. The molecular weight excluding hydrogens is 735 g/mol. The van der Waals surface area contributed by atoms with Crippen LogP contribution in [-0.2, 0) is 9.68 Å². The predicted molar refractivity (Wildman–Crippen MR) is 241 cm³/mol. The van der Waals surface area contributed by atoms with Gasteiger partial charge in [0.15, 0.2) is 5.78 Å². The van der Waals surface area contributed by atoms with E-state index in [0.717, 1.165) is 29.0 Å². The second-order valence-electron chi connectivity index (χ2n) is 15.6. The van der Waals surface area contributed by atoms with Crippen molar-refractivity contribution < 1.29 is 29.9 Å². The van der Waals surface area contributed by atoms with Gasteiger partial charge in [0, 0.05) is 18.0 Å². The van der Waals surface area contributed by atoms with Gasteiger partial charge in [-0.15, -0.1) is 0 Å². The van der Waals surface area contributed by atoms with Crippen molar-refractivity contribution in [2.45, 2.75) is 96.1 Å². The molecule has 3 aliphatic carbocycles. The van der Waals surface area contributed by atoms with Crippen LogP contribution in [0.4, 0.5) is 0 Å². The normalized spacial score (nSPS) is 19.6. The van der Waals surface area contributed by atoms with Crippen LogP contribution in [0.15, 0.2) is 152 Å². The zero-order valence-corrected chi connectivity index (χ0v) is 35.9. The summed E-state index contributed by atoms with van der Waals surface area (Å²) in [4.78, 5) is 27.7. The number of hydrogen-bond acceptors (Lipinski definition) is 6. The molecule has 0 aliphatic heterocycles. The van der Waals surface area contributed by atoms with Crippen LogP contribution < -0.4 is 0 Å². The van der Waals surface area contributed by atoms with E-state index in [1.165, 1.54) is 23.1 Å². The van der Waals surface area contributed by atoms with E-state index in [2.05, 4.69) is 75.0 Å². The summed E-state index contributed by atoms with van der Waals surface area (Å²) in [6.07, 6.45) is 6.34. The fourth-order valence-corrected chi connectivity index (χ4v) is 7.56. The lowest BCUT2D eigenvalue weighted by atomic mass is 9.98. The highest BCUT2D eigenvalue weighted by atomic mass is 17.1. The number of ketones is 1. The number of Topliss-reactive ketones (excluding diaryl/α,β-unsaturated/α-hetero) is 1.